The van der Waals surface area contributed by atoms with Crippen LogP contribution in [0.15, 0.2) is 115 Å². The van der Waals surface area contributed by atoms with Gasteiger partial charge in [0.05, 0.1) is 0 Å². The summed E-state index contributed by atoms with van der Waals surface area (Å²) >= 11 is 0. The van der Waals surface area contributed by atoms with Gasteiger partial charge >= 0.3 is 0 Å². The predicted molar refractivity (Wildman–Crippen MR) is 121 cm³/mol. The molecule has 4 aromatic rings. The topological polar surface area (TPSA) is 23.5 Å². The van der Waals surface area contributed by atoms with Crippen LogP contribution in [-0.4, -0.2) is 13.1 Å². The van der Waals surface area contributed by atoms with Crippen LogP contribution in [0.5, 0.6) is 0 Å². The fourth-order valence-corrected chi connectivity index (χ4v) is 5.50. The molecule has 0 aliphatic rings. The Hall–Kier alpha value is -3.14. The summed E-state index contributed by atoms with van der Waals surface area (Å²) in [4.78, 5) is 13.6. The van der Waals surface area contributed by atoms with Gasteiger partial charge in [-0.05, 0) is 53.3 Å². The van der Waals surface area contributed by atoms with Crippen molar-refractivity contribution in [3.05, 3.63) is 115 Å². The van der Waals surface area contributed by atoms with Crippen molar-refractivity contribution < 1.29 is 4.80 Å². The van der Waals surface area contributed by atoms with Gasteiger partial charge in [0, 0.05) is 17.1 Å². The van der Waals surface area contributed by atoms with Crippen LogP contribution >= 0.6 is 0 Å². The molecule has 138 valence electrons. The van der Waals surface area contributed by atoms with Crippen molar-refractivity contribution in [1.82, 2.24) is 0 Å². The van der Waals surface area contributed by atoms with Gasteiger partial charge in [-0.1, -0.05) is 78.9 Å². The van der Waals surface area contributed by atoms with Gasteiger partial charge in [-0.3, -0.25) is 0 Å². The average molecular weight is 382 g/mol. The summed E-state index contributed by atoms with van der Waals surface area (Å²) in [5, 5.41) is 2.01. The van der Waals surface area contributed by atoms with Gasteiger partial charge in [0.15, 0.2) is 0 Å². The van der Waals surface area contributed by atoms with Gasteiger partial charge in [0.2, 0.25) is 8.32 Å². The molecule has 0 radical (unpaired) electrons. The summed E-state index contributed by atoms with van der Waals surface area (Å²) in [5.41, 5.74) is 3.22. The van der Waals surface area contributed by atoms with Crippen LogP contribution in [0.1, 0.15) is 0 Å². The summed E-state index contributed by atoms with van der Waals surface area (Å²) in [5.74, 6) is 0. The van der Waals surface area contributed by atoms with Crippen LogP contribution in [0, 0.1) is 0 Å². The minimum atomic E-state index is -2.76. The zero-order valence-electron chi connectivity index (χ0n) is 15.9. The van der Waals surface area contributed by atoms with E-state index < -0.39 is 8.32 Å². The Morgan fingerprint density at radius 3 is 1.50 bits per heavy atom. The predicted octanol–water partition coefficient (Wildman–Crippen LogP) is 4.84. The summed E-state index contributed by atoms with van der Waals surface area (Å²) in [6.07, 6.45) is 0. The number of rotatable bonds is 5. The largest absolute Gasteiger partial charge is 0.424 e. The minimum Gasteiger partial charge on any atom is -0.424 e. The first kappa shape index (κ1) is 18.2. The third kappa shape index (κ3) is 3.63. The van der Waals surface area contributed by atoms with E-state index in [1.807, 2.05) is 85.4 Å². The summed E-state index contributed by atoms with van der Waals surface area (Å²) in [6, 6.07) is 38.9. The Balaban J connectivity index is 1.82. The highest BCUT2D eigenvalue weighted by Crippen LogP contribution is 2.33. The molecule has 0 fully saturated rings. The van der Waals surface area contributed by atoms with Crippen LogP contribution < -0.4 is 15.3 Å². The van der Waals surface area contributed by atoms with E-state index in [-0.39, 0.29) is 0 Å². The SMILES string of the molecule is C[Si](O)(c1ccccc1)c1cccc(N(c2ccccc2)c2ccccc2)c1. The molecule has 1 unspecified atom stereocenters. The van der Waals surface area contributed by atoms with Crippen LogP contribution in [0.25, 0.3) is 0 Å². The van der Waals surface area contributed by atoms with Gasteiger partial charge in [-0.25, -0.2) is 0 Å². The lowest BCUT2D eigenvalue weighted by Gasteiger charge is -2.28. The fraction of sp³-hybridized carbons (Fsp3) is 0.0400. The van der Waals surface area contributed by atoms with Crippen molar-refractivity contribution in [3.63, 3.8) is 0 Å². The molecule has 1 atom stereocenters. The van der Waals surface area contributed by atoms with Crippen molar-refractivity contribution in [2.45, 2.75) is 6.55 Å². The Bertz CT molecular complexity index is 994. The molecule has 2 nitrogen and oxygen atoms in total. The maximum atomic E-state index is 11.4. The summed E-state index contributed by atoms with van der Waals surface area (Å²) < 4.78 is 0. The van der Waals surface area contributed by atoms with E-state index in [1.54, 1.807) is 0 Å². The molecule has 0 saturated heterocycles. The molecule has 0 amide bonds. The van der Waals surface area contributed by atoms with E-state index in [0.29, 0.717) is 0 Å². The molecule has 0 aliphatic carbocycles. The monoisotopic (exact) mass is 381 g/mol. The molecule has 28 heavy (non-hydrogen) atoms. The number of hydrogen-bond acceptors (Lipinski definition) is 2. The number of hydrogen-bond donors (Lipinski definition) is 1. The van der Waals surface area contributed by atoms with Crippen LogP contribution in [0.3, 0.4) is 0 Å². The summed E-state index contributed by atoms with van der Waals surface area (Å²) in [7, 11) is -2.76. The Morgan fingerprint density at radius 2 is 0.964 bits per heavy atom. The molecule has 0 spiro atoms. The van der Waals surface area contributed by atoms with Crippen LogP contribution in [0.2, 0.25) is 6.55 Å². The lowest BCUT2D eigenvalue weighted by atomic mass is 10.2. The van der Waals surface area contributed by atoms with Crippen molar-refractivity contribution in [3.8, 4) is 0 Å². The van der Waals surface area contributed by atoms with E-state index in [0.717, 1.165) is 27.4 Å². The normalized spacial score (nSPS) is 12.9. The average Bonchev–Trinajstić information content (AvgIpc) is 2.76. The lowest BCUT2D eigenvalue weighted by molar-refractivity contribution is 0.576. The highest BCUT2D eigenvalue weighted by atomic mass is 28.4. The number of anilines is 3. The van der Waals surface area contributed by atoms with Crippen molar-refractivity contribution in [2.24, 2.45) is 0 Å². The first-order valence-corrected chi connectivity index (χ1v) is 11.9. The quantitative estimate of drug-likeness (QED) is 0.500. The molecule has 0 aromatic heterocycles. The third-order valence-corrected chi connectivity index (χ3v) is 7.92. The van der Waals surface area contributed by atoms with Crippen molar-refractivity contribution in [1.29, 1.82) is 0 Å². The Kier molecular flexibility index (Phi) is 5.11. The number of benzene rings is 4. The maximum Gasteiger partial charge on any atom is 0.249 e. The molecule has 0 aliphatic heterocycles. The second kappa shape index (κ2) is 7.85. The molecule has 4 rings (SSSR count). The van der Waals surface area contributed by atoms with E-state index in [9.17, 15) is 4.80 Å². The second-order valence-corrected chi connectivity index (χ2v) is 10.3. The zero-order valence-corrected chi connectivity index (χ0v) is 16.9. The molecule has 0 saturated carbocycles. The molecule has 0 bridgehead atoms. The number of para-hydroxylation sites is 2. The van der Waals surface area contributed by atoms with Crippen LogP contribution in [-0.2, 0) is 0 Å². The zero-order chi connectivity index (χ0) is 19.4. The van der Waals surface area contributed by atoms with E-state index in [4.69, 9.17) is 0 Å². The van der Waals surface area contributed by atoms with Crippen molar-refractivity contribution >= 4 is 35.8 Å². The van der Waals surface area contributed by atoms with Gasteiger partial charge < -0.3 is 9.70 Å². The lowest BCUT2D eigenvalue weighted by Crippen LogP contribution is -2.56. The smallest absolute Gasteiger partial charge is 0.249 e. The van der Waals surface area contributed by atoms with E-state index in [1.165, 1.54) is 0 Å². The highest BCUT2D eigenvalue weighted by Gasteiger charge is 2.30. The van der Waals surface area contributed by atoms with Gasteiger partial charge in [-0.2, -0.15) is 0 Å². The molecule has 1 N–H and O–H groups in total. The maximum absolute atomic E-state index is 11.4. The van der Waals surface area contributed by atoms with Crippen molar-refractivity contribution in [2.75, 3.05) is 4.90 Å². The van der Waals surface area contributed by atoms with E-state index in [2.05, 4.69) is 41.3 Å². The van der Waals surface area contributed by atoms with Crippen LogP contribution in [0.4, 0.5) is 17.1 Å². The fourth-order valence-electron chi connectivity index (χ4n) is 3.48. The third-order valence-electron chi connectivity index (χ3n) is 5.03. The molecular formula is C25H23NOSi. The molecular weight excluding hydrogens is 358 g/mol. The van der Waals surface area contributed by atoms with Gasteiger partial charge in [0.25, 0.3) is 0 Å². The Labute approximate surface area is 167 Å². The van der Waals surface area contributed by atoms with E-state index >= 15 is 0 Å². The van der Waals surface area contributed by atoms with Gasteiger partial charge in [-0.15, -0.1) is 0 Å². The number of nitrogens with zero attached hydrogens (tertiary/aromatic N) is 1. The highest BCUT2D eigenvalue weighted by molar-refractivity contribution is 6.95. The molecule has 4 aromatic carbocycles. The molecule has 3 heteroatoms. The standard InChI is InChI=1S/C25H23NOSi/c1-28(27,24-17-9-4-10-18-24)25-19-11-16-23(20-25)26(21-12-5-2-6-13-21)22-14-7-3-8-15-22/h2-20,27H,1H3. The second-order valence-electron chi connectivity index (χ2n) is 7.00. The Morgan fingerprint density at radius 1 is 0.536 bits per heavy atom. The van der Waals surface area contributed by atoms with Gasteiger partial charge in [0.1, 0.15) is 0 Å². The summed E-state index contributed by atoms with van der Waals surface area (Å²) in [6.45, 7) is 1.98. The first-order chi connectivity index (χ1) is 13.7. The minimum absolute atomic E-state index is 0.994. The first-order valence-electron chi connectivity index (χ1n) is 9.45. The molecule has 0 heterocycles.